The van der Waals surface area contributed by atoms with Crippen molar-refractivity contribution >= 4 is 0 Å². The molecule has 0 bridgehead atoms. The normalized spacial score (nSPS) is 15.1. The quantitative estimate of drug-likeness (QED) is 0.797. The largest absolute Gasteiger partial charge is 0.380 e. The van der Waals surface area contributed by atoms with Crippen molar-refractivity contribution < 1.29 is 4.74 Å². The number of hydrogen-bond donors (Lipinski definition) is 1. The van der Waals surface area contributed by atoms with Crippen molar-refractivity contribution in [2.75, 3.05) is 13.7 Å². The van der Waals surface area contributed by atoms with Crippen molar-refractivity contribution in [3.8, 4) is 0 Å². The maximum Gasteiger partial charge on any atom is 0.0667 e. The van der Waals surface area contributed by atoms with E-state index in [0.29, 0.717) is 12.0 Å². The summed E-state index contributed by atoms with van der Waals surface area (Å²) in [6.45, 7) is 7.44. The van der Waals surface area contributed by atoms with Gasteiger partial charge in [-0.2, -0.15) is 0 Å². The summed E-state index contributed by atoms with van der Waals surface area (Å²) in [6.07, 6.45) is 0.255. The van der Waals surface area contributed by atoms with Crippen LogP contribution in [0.2, 0.25) is 0 Å². The van der Waals surface area contributed by atoms with Crippen LogP contribution in [0.3, 0.4) is 0 Å². The summed E-state index contributed by atoms with van der Waals surface area (Å²) in [7, 11) is 1.75. The van der Waals surface area contributed by atoms with Crippen molar-refractivity contribution in [3.63, 3.8) is 0 Å². The van der Waals surface area contributed by atoms with E-state index >= 15 is 0 Å². The molecule has 0 saturated carbocycles. The van der Waals surface area contributed by atoms with Gasteiger partial charge in [0.2, 0.25) is 0 Å². The van der Waals surface area contributed by atoms with Crippen LogP contribution in [-0.4, -0.2) is 19.8 Å². The Balaban J connectivity index is 2.62. The topological polar surface area (TPSA) is 21.3 Å². The van der Waals surface area contributed by atoms with E-state index in [1.165, 1.54) is 5.56 Å². The fourth-order valence-electron chi connectivity index (χ4n) is 1.78. The van der Waals surface area contributed by atoms with Crippen molar-refractivity contribution in [3.05, 3.63) is 35.9 Å². The van der Waals surface area contributed by atoms with Gasteiger partial charge in [-0.05, 0) is 18.4 Å². The minimum atomic E-state index is 0.255. The number of ether oxygens (including phenoxy) is 1. The maximum atomic E-state index is 5.25. The lowest BCUT2D eigenvalue weighted by Crippen LogP contribution is -2.32. The average molecular weight is 221 g/mol. The summed E-state index contributed by atoms with van der Waals surface area (Å²) < 4.78 is 5.25. The van der Waals surface area contributed by atoms with E-state index in [9.17, 15) is 0 Å². The van der Waals surface area contributed by atoms with Crippen LogP contribution < -0.4 is 5.32 Å². The first-order valence-electron chi connectivity index (χ1n) is 5.96. The Bertz CT molecular complexity index is 284. The molecule has 2 nitrogen and oxygen atoms in total. The van der Waals surface area contributed by atoms with Gasteiger partial charge in [-0.15, -0.1) is 0 Å². The van der Waals surface area contributed by atoms with Crippen molar-refractivity contribution in [1.29, 1.82) is 0 Å². The van der Waals surface area contributed by atoms with E-state index in [1.807, 2.05) is 0 Å². The van der Waals surface area contributed by atoms with Gasteiger partial charge in [0.25, 0.3) is 0 Å². The smallest absolute Gasteiger partial charge is 0.0667 e. The molecule has 1 rings (SSSR count). The summed E-state index contributed by atoms with van der Waals surface area (Å²) in [4.78, 5) is 0. The van der Waals surface area contributed by atoms with Crippen LogP contribution in [0.15, 0.2) is 30.3 Å². The lowest BCUT2D eigenvalue weighted by Gasteiger charge is -2.24. The second kappa shape index (κ2) is 6.66. The van der Waals surface area contributed by atoms with Gasteiger partial charge in [0.1, 0.15) is 0 Å². The molecule has 0 fully saturated rings. The monoisotopic (exact) mass is 221 g/mol. The highest BCUT2D eigenvalue weighted by atomic mass is 16.5. The molecule has 0 amide bonds. The molecule has 2 atom stereocenters. The van der Waals surface area contributed by atoms with Crippen molar-refractivity contribution in [2.45, 2.75) is 32.9 Å². The standard InChI is InChI=1S/C14H23NO/c1-11(2)14(15-10-12(3)16-4)13-8-6-5-7-9-13/h5-9,11-12,14-15H,10H2,1-4H3. The highest BCUT2D eigenvalue weighted by Gasteiger charge is 2.15. The average Bonchev–Trinajstić information content (AvgIpc) is 2.30. The first kappa shape index (κ1) is 13.2. The van der Waals surface area contributed by atoms with Gasteiger partial charge in [-0.25, -0.2) is 0 Å². The molecular weight excluding hydrogens is 198 g/mol. The van der Waals surface area contributed by atoms with Gasteiger partial charge in [0.15, 0.2) is 0 Å². The zero-order valence-electron chi connectivity index (χ0n) is 10.7. The Morgan fingerprint density at radius 1 is 1.12 bits per heavy atom. The lowest BCUT2D eigenvalue weighted by atomic mass is 9.96. The molecule has 2 heteroatoms. The fraction of sp³-hybridized carbons (Fsp3) is 0.571. The molecule has 0 aliphatic heterocycles. The van der Waals surface area contributed by atoms with Crippen LogP contribution in [0.1, 0.15) is 32.4 Å². The van der Waals surface area contributed by atoms with Gasteiger partial charge >= 0.3 is 0 Å². The van der Waals surface area contributed by atoms with Gasteiger partial charge < -0.3 is 10.1 Å². The van der Waals surface area contributed by atoms with E-state index in [1.54, 1.807) is 7.11 Å². The van der Waals surface area contributed by atoms with Gasteiger partial charge in [0.05, 0.1) is 6.10 Å². The van der Waals surface area contributed by atoms with Crippen LogP contribution in [0, 0.1) is 5.92 Å². The lowest BCUT2D eigenvalue weighted by molar-refractivity contribution is 0.112. The molecule has 0 aliphatic carbocycles. The maximum absolute atomic E-state index is 5.25. The summed E-state index contributed by atoms with van der Waals surface area (Å²) in [5.74, 6) is 0.575. The molecule has 0 spiro atoms. The van der Waals surface area contributed by atoms with E-state index in [4.69, 9.17) is 4.74 Å². The van der Waals surface area contributed by atoms with Crippen molar-refractivity contribution in [1.82, 2.24) is 5.32 Å². The number of methoxy groups -OCH3 is 1. The zero-order valence-corrected chi connectivity index (χ0v) is 10.7. The summed E-state index contributed by atoms with van der Waals surface area (Å²) in [6, 6.07) is 11.0. The Morgan fingerprint density at radius 2 is 1.75 bits per heavy atom. The number of nitrogens with one attached hydrogen (secondary N) is 1. The van der Waals surface area contributed by atoms with Gasteiger partial charge in [-0.1, -0.05) is 44.2 Å². The molecule has 1 aromatic carbocycles. The Morgan fingerprint density at radius 3 is 2.25 bits per heavy atom. The van der Waals surface area contributed by atoms with Gasteiger partial charge in [0, 0.05) is 19.7 Å². The van der Waals surface area contributed by atoms with E-state index in [2.05, 4.69) is 56.4 Å². The van der Waals surface area contributed by atoms with Crippen LogP contribution in [-0.2, 0) is 4.74 Å². The zero-order chi connectivity index (χ0) is 12.0. The first-order chi connectivity index (χ1) is 7.65. The minimum Gasteiger partial charge on any atom is -0.380 e. The predicted octanol–water partition coefficient (Wildman–Crippen LogP) is 3.01. The van der Waals surface area contributed by atoms with Crippen LogP contribution >= 0.6 is 0 Å². The molecular formula is C14H23NO. The van der Waals surface area contributed by atoms with E-state index < -0.39 is 0 Å². The van der Waals surface area contributed by atoms with E-state index in [-0.39, 0.29) is 6.10 Å². The molecule has 0 saturated heterocycles. The summed E-state index contributed by atoms with van der Waals surface area (Å²) >= 11 is 0. The summed E-state index contributed by atoms with van der Waals surface area (Å²) in [5.41, 5.74) is 1.35. The molecule has 2 unspecified atom stereocenters. The third-order valence-corrected chi connectivity index (χ3v) is 2.85. The highest BCUT2D eigenvalue weighted by Crippen LogP contribution is 2.21. The first-order valence-corrected chi connectivity index (χ1v) is 5.96. The number of benzene rings is 1. The van der Waals surface area contributed by atoms with Crippen LogP contribution in [0.4, 0.5) is 0 Å². The fourth-order valence-corrected chi connectivity index (χ4v) is 1.78. The highest BCUT2D eigenvalue weighted by molar-refractivity contribution is 5.19. The Hall–Kier alpha value is -0.860. The minimum absolute atomic E-state index is 0.255. The Labute approximate surface area is 99.0 Å². The third kappa shape index (κ3) is 3.95. The van der Waals surface area contributed by atoms with Crippen LogP contribution in [0.25, 0.3) is 0 Å². The summed E-state index contributed by atoms with van der Waals surface area (Å²) in [5, 5.41) is 3.56. The predicted molar refractivity (Wildman–Crippen MR) is 68.5 cm³/mol. The molecule has 16 heavy (non-hydrogen) atoms. The SMILES string of the molecule is COC(C)CNC(c1ccccc1)C(C)C. The third-order valence-electron chi connectivity index (χ3n) is 2.85. The Kier molecular flexibility index (Phi) is 5.50. The molecule has 1 aromatic rings. The molecule has 0 aliphatic rings. The number of hydrogen-bond acceptors (Lipinski definition) is 2. The van der Waals surface area contributed by atoms with E-state index in [0.717, 1.165) is 6.54 Å². The molecule has 0 radical (unpaired) electrons. The second-order valence-electron chi connectivity index (χ2n) is 4.59. The molecule has 0 aromatic heterocycles. The molecule has 1 N–H and O–H groups in total. The van der Waals surface area contributed by atoms with Crippen molar-refractivity contribution in [2.24, 2.45) is 5.92 Å². The molecule has 0 heterocycles. The van der Waals surface area contributed by atoms with Gasteiger partial charge in [-0.3, -0.25) is 0 Å². The van der Waals surface area contributed by atoms with Crippen LogP contribution in [0.5, 0.6) is 0 Å². The molecule has 90 valence electrons. The second-order valence-corrected chi connectivity index (χ2v) is 4.59. The number of rotatable bonds is 6.